The van der Waals surface area contributed by atoms with Crippen molar-refractivity contribution in [1.29, 1.82) is 0 Å². The average Bonchev–Trinajstić information content (AvgIpc) is 2.80. The molecule has 0 saturated carbocycles. The second-order valence-electron chi connectivity index (χ2n) is 7.76. The van der Waals surface area contributed by atoms with E-state index in [9.17, 15) is 9.59 Å². The molecule has 1 unspecified atom stereocenters. The summed E-state index contributed by atoms with van der Waals surface area (Å²) >= 11 is 1.29. The van der Waals surface area contributed by atoms with Crippen LogP contribution in [0.5, 0.6) is 0 Å². The number of hydrogen-bond acceptors (Lipinski definition) is 4. The minimum Gasteiger partial charge on any atom is -0.351 e. The van der Waals surface area contributed by atoms with E-state index in [4.69, 9.17) is 4.98 Å². The zero-order valence-corrected chi connectivity index (χ0v) is 19.1. The molecular formula is C26H25N3O2S. The number of para-hydroxylation sites is 2. The molecule has 4 rings (SSSR count). The molecule has 6 heteroatoms. The first kappa shape index (κ1) is 21.8. The molecule has 0 bridgehead atoms. The van der Waals surface area contributed by atoms with Crippen LogP contribution in [0.4, 0.5) is 0 Å². The molecule has 0 saturated heterocycles. The summed E-state index contributed by atoms with van der Waals surface area (Å²) in [6.45, 7) is 6.25. The number of hydrogen-bond donors (Lipinski definition) is 1. The van der Waals surface area contributed by atoms with Crippen molar-refractivity contribution >= 4 is 28.6 Å². The van der Waals surface area contributed by atoms with Crippen LogP contribution in [0, 0.1) is 13.8 Å². The summed E-state index contributed by atoms with van der Waals surface area (Å²) in [6, 6.07) is 23.0. The lowest BCUT2D eigenvalue weighted by atomic mass is 10.1. The molecule has 1 aromatic heterocycles. The van der Waals surface area contributed by atoms with E-state index in [0.717, 1.165) is 22.4 Å². The Morgan fingerprint density at radius 1 is 0.969 bits per heavy atom. The van der Waals surface area contributed by atoms with Crippen LogP contribution < -0.4 is 10.9 Å². The van der Waals surface area contributed by atoms with Crippen LogP contribution in [-0.2, 0) is 11.3 Å². The lowest BCUT2D eigenvalue weighted by molar-refractivity contribution is -0.120. The average molecular weight is 444 g/mol. The normalized spacial score (nSPS) is 12.0. The third kappa shape index (κ3) is 4.46. The van der Waals surface area contributed by atoms with Gasteiger partial charge in [0.05, 0.1) is 21.8 Å². The summed E-state index contributed by atoms with van der Waals surface area (Å²) in [7, 11) is 0. The number of aryl methyl sites for hydroxylation is 2. The Morgan fingerprint density at radius 2 is 1.62 bits per heavy atom. The van der Waals surface area contributed by atoms with Gasteiger partial charge in [-0.15, -0.1) is 0 Å². The zero-order valence-electron chi connectivity index (χ0n) is 18.3. The first-order valence-corrected chi connectivity index (χ1v) is 11.4. The highest BCUT2D eigenvalue weighted by atomic mass is 32.2. The standard InChI is InChI=1S/C26H25N3O2S/c1-17-10-9-11-18(2)23(17)29-25(31)21-14-7-8-15-22(21)28-26(29)32-19(3)24(30)27-16-20-12-5-4-6-13-20/h4-15,19H,16H2,1-3H3,(H,27,30). The third-order valence-corrected chi connectivity index (χ3v) is 6.42. The van der Waals surface area contributed by atoms with Gasteiger partial charge in [-0.1, -0.05) is 72.4 Å². The van der Waals surface area contributed by atoms with Crippen molar-refractivity contribution in [2.75, 3.05) is 0 Å². The van der Waals surface area contributed by atoms with E-state index < -0.39 is 5.25 Å². The van der Waals surface area contributed by atoms with Gasteiger partial charge in [0.2, 0.25) is 5.91 Å². The third-order valence-electron chi connectivity index (χ3n) is 5.37. The van der Waals surface area contributed by atoms with Gasteiger partial charge >= 0.3 is 0 Å². The van der Waals surface area contributed by atoms with Gasteiger partial charge in [0.1, 0.15) is 0 Å². The second-order valence-corrected chi connectivity index (χ2v) is 9.06. The number of fused-ring (bicyclic) bond motifs is 1. The molecule has 1 N–H and O–H groups in total. The van der Waals surface area contributed by atoms with Crippen molar-refractivity contribution in [1.82, 2.24) is 14.9 Å². The van der Waals surface area contributed by atoms with E-state index in [1.54, 1.807) is 10.6 Å². The molecule has 0 aliphatic carbocycles. The highest BCUT2D eigenvalue weighted by molar-refractivity contribution is 8.00. The van der Waals surface area contributed by atoms with Gasteiger partial charge in [0.15, 0.2) is 5.16 Å². The molecule has 0 aliphatic rings. The lowest BCUT2D eigenvalue weighted by Crippen LogP contribution is -2.31. The number of benzene rings is 3. The summed E-state index contributed by atoms with van der Waals surface area (Å²) in [6.07, 6.45) is 0. The Morgan fingerprint density at radius 3 is 2.34 bits per heavy atom. The van der Waals surface area contributed by atoms with Crippen LogP contribution in [0.25, 0.3) is 16.6 Å². The van der Waals surface area contributed by atoms with Gasteiger partial charge in [-0.2, -0.15) is 0 Å². The molecule has 32 heavy (non-hydrogen) atoms. The van der Waals surface area contributed by atoms with Gasteiger partial charge in [-0.25, -0.2) is 4.98 Å². The second kappa shape index (κ2) is 9.40. The van der Waals surface area contributed by atoms with Gasteiger partial charge < -0.3 is 5.32 Å². The van der Waals surface area contributed by atoms with Crippen molar-refractivity contribution < 1.29 is 4.79 Å². The van der Waals surface area contributed by atoms with Crippen LogP contribution in [0.15, 0.2) is 82.7 Å². The minimum atomic E-state index is -0.428. The highest BCUT2D eigenvalue weighted by Gasteiger charge is 2.21. The Bertz CT molecular complexity index is 1310. The fraction of sp³-hybridized carbons (Fsp3) is 0.192. The number of amides is 1. The smallest absolute Gasteiger partial charge is 0.266 e. The van der Waals surface area contributed by atoms with Crippen LogP contribution in [0.2, 0.25) is 0 Å². The molecule has 1 amide bonds. The monoisotopic (exact) mass is 443 g/mol. The fourth-order valence-electron chi connectivity index (χ4n) is 3.69. The first-order valence-electron chi connectivity index (χ1n) is 10.5. The van der Waals surface area contributed by atoms with E-state index in [0.29, 0.717) is 22.6 Å². The number of aromatic nitrogens is 2. The molecule has 0 radical (unpaired) electrons. The zero-order chi connectivity index (χ0) is 22.7. The van der Waals surface area contributed by atoms with E-state index in [-0.39, 0.29) is 11.5 Å². The molecule has 1 heterocycles. The maximum absolute atomic E-state index is 13.5. The summed E-state index contributed by atoms with van der Waals surface area (Å²) in [4.78, 5) is 31.1. The predicted molar refractivity (Wildman–Crippen MR) is 130 cm³/mol. The first-order chi connectivity index (χ1) is 15.5. The Kier molecular flexibility index (Phi) is 6.42. The maximum Gasteiger partial charge on any atom is 0.266 e. The molecule has 1 atom stereocenters. The van der Waals surface area contributed by atoms with Crippen molar-refractivity contribution in [2.24, 2.45) is 0 Å². The number of nitrogens with zero attached hydrogens (tertiary/aromatic N) is 2. The van der Waals surface area contributed by atoms with E-state index >= 15 is 0 Å². The van der Waals surface area contributed by atoms with Gasteiger partial charge in [0.25, 0.3) is 5.56 Å². The van der Waals surface area contributed by atoms with Crippen molar-refractivity contribution in [3.05, 3.63) is 99.8 Å². The van der Waals surface area contributed by atoms with Crippen LogP contribution >= 0.6 is 11.8 Å². The van der Waals surface area contributed by atoms with E-state index in [1.165, 1.54) is 11.8 Å². The molecular weight excluding hydrogens is 418 g/mol. The Balaban J connectivity index is 1.71. The summed E-state index contributed by atoms with van der Waals surface area (Å²) in [5, 5.41) is 3.61. The van der Waals surface area contributed by atoms with E-state index in [2.05, 4.69) is 5.32 Å². The largest absolute Gasteiger partial charge is 0.351 e. The van der Waals surface area contributed by atoms with Crippen molar-refractivity contribution in [2.45, 2.75) is 37.7 Å². The highest BCUT2D eigenvalue weighted by Crippen LogP contribution is 2.28. The molecule has 0 spiro atoms. The molecule has 4 aromatic rings. The maximum atomic E-state index is 13.5. The van der Waals surface area contributed by atoms with Crippen LogP contribution in [0.1, 0.15) is 23.6 Å². The van der Waals surface area contributed by atoms with Gasteiger partial charge in [-0.05, 0) is 49.6 Å². The Hall–Kier alpha value is -3.38. The predicted octanol–water partition coefficient (Wildman–Crippen LogP) is 4.80. The minimum absolute atomic E-state index is 0.102. The number of nitrogens with one attached hydrogen (secondary N) is 1. The van der Waals surface area contributed by atoms with Crippen molar-refractivity contribution in [3.8, 4) is 5.69 Å². The molecule has 3 aromatic carbocycles. The van der Waals surface area contributed by atoms with E-state index in [1.807, 2.05) is 87.5 Å². The fourth-order valence-corrected chi connectivity index (χ4v) is 4.62. The van der Waals surface area contributed by atoms with Gasteiger partial charge in [-0.3, -0.25) is 14.2 Å². The molecule has 0 fully saturated rings. The number of carbonyl (C=O) groups is 1. The summed E-state index contributed by atoms with van der Waals surface area (Å²) < 4.78 is 1.65. The summed E-state index contributed by atoms with van der Waals surface area (Å²) in [5.74, 6) is -0.102. The van der Waals surface area contributed by atoms with Gasteiger partial charge in [0, 0.05) is 6.54 Å². The molecule has 5 nitrogen and oxygen atoms in total. The van der Waals surface area contributed by atoms with Crippen molar-refractivity contribution in [3.63, 3.8) is 0 Å². The number of thioether (sulfide) groups is 1. The van der Waals surface area contributed by atoms with Crippen LogP contribution in [0.3, 0.4) is 0 Å². The SMILES string of the molecule is Cc1cccc(C)c1-n1c(SC(C)C(=O)NCc2ccccc2)nc2ccccc2c1=O. The Labute approximate surface area is 191 Å². The number of rotatable bonds is 6. The molecule has 0 aliphatic heterocycles. The molecule has 162 valence electrons. The lowest BCUT2D eigenvalue weighted by Gasteiger charge is -2.19. The quantitative estimate of drug-likeness (QED) is 0.343. The topological polar surface area (TPSA) is 64.0 Å². The van der Waals surface area contributed by atoms with Crippen LogP contribution in [-0.4, -0.2) is 20.7 Å². The summed E-state index contributed by atoms with van der Waals surface area (Å²) in [5.41, 5.74) is 4.30. The number of carbonyl (C=O) groups excluding carboxylic acids is 1.